The van der Waals surface area contributed by atoms with E-state index in [1.54, 1.807) is 6.92 Å². The molecule has 1 aliphatic carbocycles. The lowest BCUT2D eigenvalue weighted by Gasteiger charge is -2.22. The van der Waals surface area contributed by atoms with E-state index < -0.39 is 6.09 Å². The van der Waals surface area contributed by atoms with E-state index in [4.69, 9.17) is 4.74 Å². The van der Waals surface area contributed by atoms with Gasteiger partial charge in [0.1, 0.15) is 6.54 Å². The first-order valence-corrected chi connectivity index (χ1v) is 7.30. The van der Waals surface area contributed by atoms with Gasteiger partial charge in [0.15, 0.2) is 5.82 Å². The second-order valence-corrected chi connectivity index (χ2v) is 5.05. The summed E-state index contributed by atoms with van der Waals surface area (Å²) in [7, 11) is 0. The quantitative estimate of drug-likeness (QED) is 0.853. The topological polar surface area (TPSA) is 98.1 Å². The molecule has 8 heteroatoms. The van der Waals surface area contributed by atoms with Gasteiger partial charge in [0.25, 0.3) is 0 Å². The first-order chi connectivity index (χ1) is 10.2. The van der Waals surface area contributed by atoms with E-state index in [0.717, 1.165) is 12.8 Å². The van der Waals surface area contributed by atoms with E-state index in [-0.39, 0.29) is 30.9 Å². The van der Waals surface area contributed by atoms with Crippen LogP contribution in [0.5, 0.6) is 0 Å². The number of rotatable bonds is 5. The van der Waals surface area contributed by atoms with Crippen molar-refractivity contribution in [3.05, 3.63) is 6.20 Å². The van der Waals surface area contributed by atoms with Crippen LogP contribution >= 0.6 is 0 Å². The molecule has 0 unspecified atom stereocenters. The smallest absolute Gasteiger partial charge is 0.412 e. The standard InChI is InChI=1S/C13H21N5O3/c1-2-21-13(20)15-11-8-18(17-16-11)9-12(19)14-10-6-4-3-5-7-10/h8,10H,2-7,9H2,1H3,(H,14,19)(H,15,20). The Labute approximate surface area is 123 Å². The summed E-state index contributed by atoms with van der Waals surface area (Å²) in [4.78, 5) is 23.1. The molecule has 1 aromatic heterocycles. The van der Waals surface area contributed by atoms with Gasteiger partial charge in [0.05, 0.1) is 12.8 Å². The summed E-state index contributed by atoms with van der Waals surface area (Å²) >= 11 is 0. The number of ether oxygens (including phenoxy) is 1. The van der Waals surface area contributed by atoms with Crippen LogP contribution in [0.2, 0.25) is 0 Å². The first-order valence-electron chi connectivity index (χ1n) is 7.30. The van der Waals surface area contributed by atoms with Gasteiger partial charge in [-0.25, -0.2) is 9.48 Å². The maximum Gasteiger partial charge on any atom is 0.412 e. The number of nitrogens with one attached hydrogen (secondary N) is 2. The molecule has 1 fully saturated rings. The minimum Gasteiger partial charge on any atom is -0.450 e. The van der Waals surface area contributed by atoms with Gasteiger partial charge >= 0.3 is 6.09 Å². The van der Waals surface area contributed by atoms with Crippen LogP contribution < -0.4 is 10.6 Å². The summed E-state index contributed by atoms with van der Waals surface area (Å²) in [6, 6.07) is 0.270. The fourth-order valence-electron chi connectivity index (χ4n) is 2.37. The van der Waals surface area contributed by atoms with Crippen LogP contribution in [0.4, 0.5) is 10.6 Å². The molecule has 8 nitrogen and oxygen atoms in total. The average molecular weight is 295 g/mol. The third-order valence-electron chi connectivity index (χ3n) is 3.32. The molecule has 2 N–H and O–H groups in total. The molecule has 2 rings (SSSR count). The number of nitrogens with zero attached hydrogens (tertiary/aromatic N) is 3. The average Bonchev–Trinajstić information content (AvgIpc) is 2.87. The highest BCUT2D eigenvalue weighted by molar-refractivity contribution is 5.83. The van der Waals surface area contributed by atoms with Crippen LogP contribution in [0.3, 0.4) is 0 Å². The van der Waals surface area contributed by atoms with Gasteiger partial charge in [-0.2, -0.15) is 0 Å². The molecule has 1 heterocycles. The molecule has 0 aliphatic heterocycles. The van der Waals surface area contributed by atoms with Crippen molar-refractivity contribution in [3.8, 4) is 0 Å². The third-order valence-corrected chi connectivity index (χ3v) is 3.32. The molecule has 0 spiro atoms. The Balaban J connectivity index is 1.78. The Morgan fingerprint density at radius 3 is 2.86 bits per heavy atom. The molecule has 0 radical (unpaired) electrons. The third kappa shape index (κ3) is 5.05. The van der Waals surface area contributed by atoms with Crippen LogP contribution in [0.15, 0.2) is 6.20 Å². The van der Waals surface area contributed by atoms with Gasteiger partial charge < -0.3 is 10.1 Å². The van der Waals surface area contributed by atoms with Gasteiger partial charge in [0.2, 0.25) is 5.91 Å². The largest absolute Gasteiger partial charge is 0.450 e. The molecule has 0 bridgehead atoms. The van der Waals surface area contributed by atoms with E-state index in [1.807, 2.05) is 0 Å². The van der Waals surface area contributed by atoms with Crippen molar-refractivity contribution in [2.24, 2.45) is 0 Å². The van der Waals surface area contributed by atoms with Crippen molar-refractivity contribution in [1.29, 1.82) is 0 Å². The molecule has 2 amide bonds. The Morgan fingerprint density at radius 2 is 2.14 bits per heavy atom. The van der Waals surface area contributed by atoms with Crippen LogP contribution in [-0.4, -0.2) is 39.6 Å². The predicted octanol–water partition coefficient (Wildman–Crippen LogP) is 1.30. The lowest BCUT2D eigenvalue weighted by molar-refractivity contribution is -0.122. The van der Waals surface area contributed by atoms with Crippen molar-refractivity contribution in [2.75, 3.05) is 11.9 Å². The minimum atomic E-state index is -0.587. The van der Waals surface area contributed by atoms with Crippen LogP contribution in [0.25, 0.3) is 0 Å². The lowest BCUT2D eigenvalue weighted by atomic mass is 9.95. The van der Waals surface area contributed by atoms with E-state index in [0.29, 0.717) is 0 Å². The molecular weight excluding hydrogens is 274 g/mol. The Bertz CT molecular complexity index is 482. The van der Waals surface area contributed by atoms with Gasteiger partial charge in [-0.15, -0.1) is 5.10 Å². The second-order valence-electron chi connectivity index (χ2n) is 5.05. The Kier molecular flexibility index (Phi) is 5.53. The fourth-order valence-corrected chi connectivity index (χ4v) is 2.37. The monoisotopic (exact) mass is 295 g/mol. The zero-order valence-corrected chi connectivity index (χ0v) is 12.2. The first kappa shape index (κ1) is 15.3. The Hall–Kier alpha value is -2.12. The fraction of sp³-hybridized carbons (Fsp3) is 0.692. The summed E-state index contributed by atoms with van der Waals surface area (Å²) in [5, 5.41) is 13.0. The molecule has 0 saturated heterocycles. The van der Waals surface area contributed by atoms with Crippen molar-refractivity contribution in [2.45, 2.75) is 51.6 Å². The molecular formula is C13H21N5O3. The molecule has 21 heavy (non-hydrogen) atoms. The van der Waals surface area contributed by atoms with E-state index in [2.05, 4.69) is 20.9 Å². The van der Waals surface area contributed by atoms with Crippen LogP contribution in [0, 0.1) is 0 Å². The van der Waals surface area contributed by atoms with Gasteiger partial charge in [-0.1, -0.05) is 24.5 Å². The molecule has 0 atom stereocenters. The molecule has 1 aliphatic rings. The van der Waals surface area contributed by atoms with Crippen molar-refractivity contribution < 1.29 is 14.3 Å². The number of aromatic nitrogens is 3. The summed E-state index contributed by atoms with van der Waals surface area (Å²) in [6.07, 6.45) is 6.58. The van der Waals surface area contributed by atoms with E-state index >= 15 is 0 Å². The summed E-state index contributed by atoms with van der Waals surface area (Å²) < 4.78 is 6.12. The molecule has 0 aromatic carbocycles. The lowest BCUT2D eigenvalue weighted by Crippen LogP contribution is -2.38. The highest BCUT2D eigenvalue weighted by Crippen LogP contribution is 2.17. The second kappa shape index (κ2) is 7.61. The van der Waals surface area contributed by atoms with Crippen LogP contribution in [0.1, 0.15) is 39.0 Å². The van der Waals surface area contributed by atoms with E-state index in [9.17, 15) is 9.59 Å². The van der Waals surface area contributed by atoms with Crippen LogP contribution in [-0.2, 0) is 16.1 Å². The summed E-state index contributed by atoms with van der Waals surface area (Å²) in [5.74, 6) is 0.174. The number of hydrogen-bond donors (Lipinski definition) is 2. The normalized spacial score (nSPS) is 15.5. The number of hydrogen-bond acceptors (Lipinski definition) is 5. The van der Waals surface area contributed by atoms with Crippen molar-refractivity contribution in [3.63, 3.8) is 0 Å². The van der Waals surface area contributed by atoms with Crippen molar-refractivity contribution in [1.82, 2.24) is 20.3 Å². The molecule has 1 aromatic rings. The highest BCUT2D eigenvalue weighted by Gasteiger charge is 2.16. The molecule has 116 valence electrons. The number of amides is 2. The van der Waals surface area contributed by atoms with Crippen molar-refractivity contribution >= 4 is 17.8 Å². The summed E-state index contributed by atoms with van der Waals surface area (Å²) in [5.41, 5.74) is 0. The minimum absolute atomic E-state index is 0.0884. The zero-order valence-electron chi connectivity index (χ0n) is 12.2. The SMILES string of the molecule is CCOC(=O)Nc1cn(CC(=O)NC2CCCCC2)nn1. The number of anilines is 1. The van der Waals surface area contributed by atoms with Gasteiger partial charge in [-0.3, -0.25) is 10.1 Å². The zero-order chi connectivity index (χ0) is 15.1. The van der Waals surface area contributed by atoms with Gasteiger partial charge in [-0.05, 0) is 19.8 Å². The number of carbonyl (C=O) groups excluding carboxylic acids is 2. The maximum absolute atomic E-state index is 11.9. The summed E-state index contributed by atoms with van der Waals surface area (Å²) in [6.45, 7) is 2.09. The number of carbonyl (C=O) groups is 2. The predicted molar refractivity (Wildman–Crippen MR) is 75.7 cm³/mol. The maximum atomic E-state index is 11.9. The van der Waals surface area contributed by atoms with Gasteiger partial charge in [0, 0.05) is 6.04 Å². The van der Waals surface area contributed by atoms with E-state index in [1.165, 1.54) is 30.1 Å². The molecule has 1 saturated carbocycles. The Morgan fingerprint density at radius 1 is 1.38 bits per heavy atom. The highest BCUT2D eigenvalue weighted by atomic mass is 16.5.